The highest BCUT2D eigenvalue weighted by Gasteiger charge is 2.42. The van der Waals surface area contributed by atoms with Crippen molar-refractivity contribution in [2.75, 3.05) is 26.3 Å². The second-order valence-electron chi connectivity index (χ2n) is 5.30. The average molecular weight is 256 g/mol. The normalized spacial score (nSPS) is 31.8. The van der Waals surface area contributed by atoms with Crippen LogP contribution in [0.3, 0.4) is 0 Å². The van der Waals surface area contributed by atoms with E-state index in [0.29, 0.717) is 39.1 Å². The number of aliphatic carboxylic acids is 1. The van der Waals surface area contributed by atoms with Gasteiger partial charge in [0, 0.05) is 26.1 Å². The monoisotopic (exact) mass is 256 g/mol. The van der Waals surface area contributed by atoms with E-state index >= 15 is 0 Å². The van der Waals surface area contributed by atoms with Crippen LogP contribution in [0.25, 0.3) is 0 Å². The Bertz CT molecular complexity index is 339. The molecule has 3 N–H and O–H groups in total. The molecule has 18 heavy (non-hydrogen) atoms. The number of amides is 1. The number of rotatable bonds is 4. The Labute approximate surface area is 106 Å². The number of ether oxygens (including phenoxy) is 1. The van der Waals surface area contributed by atoms with E-state index < -0.39 is 11.5 Å². The number of hydrogen-bond acceptors (Lipinski definition) is 4. The minimum atomic E-state index is -0.859. The number of nitrogens with zero attached hydrogens (tertiary/aromatic N) is 1. The SMILES string of the molecule is NC1(C(=O)N2CCC(CCC(=O)O)C2)CCOC1. The van der Waals surface area contributed by atoms with Crippen molar-refractivity contribution in [3.8, 4) is 0 Å². The van der Waals surface area contributed by atoms with Gasteiger partial charge in [0.2, 0.25) is 5.91 Å². The molecule has 0 radical (unpaired) electrons. The number of nitrogens with two attached hydrogens (primary N) is 1. The lowest BCUT2D eigenvalue weighted by atomic mass is 9.98. The average Bonchev–Trinajstić information content (AvgIpc) is 2.95. The molecular weight excluding hydrogens is 236 g/mol. The van der Waals surface area contributed by atoms with Gasteiger partial charge in [0.15, 0.2) is 0 Å². The highest BCUT2D eigenvalue weighted by atomic mass is 16.5. The fraction of sp³-hybridized carbons (Fsp3) is 0.833. The van der Waals surface area contributed by atoms with Crippen LogP contribution < -0.4 is 5.73 Å². The van der Waals surface area contributed by atoms with Crippen molar-refractivity contribution in [3.63, 3.8) is 0 Å². The number of carbonyl (C=O) groups excluding carboxylic acids is 1. The molecule has 2 aliphatic heterocycles. The van der Waals surface area contributed by atoms with Crippen LogP contribution in [-0.2, 0) is 14.3 Å². The lowest BCUT2D eigenvalue weighted by Crippen LogP contribution is -2.55. The molecule has 6 heteroatoms. The topological polar surface area (TPSA) is 92.9 Å². The summed E-state index contributed by atoms with van der Waals surface area (Å²) in [7, 11) is 0. The van der Waals surface area contributed by atoms with Crippen molar-refractivity contribution < 1.29 is 19.4 Å². The molecule has 2 unspecified atom stereocenters. The van der Waals surface area contributed by atoms with E-state index in [2.05, 4.69) is 0 Å². The minimum absolute atomic E-state index is 0.0437. The second kappa shape index (κ2) is 5.24. The van der Waals surface area contributed by atoms with Gasteiger partial charge in [-0.2, -0.15) is 0 Å². The van der Waals surface area contributed by atoms with Gasteiger partial charge in [-0.25, -0.2) is 0 Å². The van der Waals surface area contributed by atoms with Gasteiger partial charge in [0.1, 0.15) is 5.54 Å². The van der Waals surface area contributed by atoms with Crippen molar-refractivity contribution in [3.05, 3.63) is 0 Å². The van der Waals surface area contributed by atoms with E-state index in [1.54, 1.807) is 4.90 Å². The highest BCUT2D eigenvalue weighted by molar-refractivity contribution is 5.86. The van der Waals surface area contributed by atoms with Crippen molar-refractivity contribution in [1.82, 2.24) is 4.90 Å². The highest BCUT2D eigenvalue weighted by Crippen LogP contribution is 2.25. The third-order valence-corrected chi connectivity index (χ3v) is 3.82. The first-order chi connectivity index (χ1) is 8.51. The molecule has 2 aliphatic rings. The van der Waals surface area contributed by atoms with Gasteiger partial charge in [-0.15, -0.1) is 0 Å². The van der Waals surface area contributed by atoms with Crippen LogP contribution in [0.4, 0.5) is 0 Å². The fourth-order valence-electron chi connectivity index (χ4n) is 2.64. The predicted octanol–water partition coefficient (Wildman–Crippen LogP) is -0.182. The minimum Gasteiger partial charge on any atom is -0.481 e. The van der Waals surface area contributed by atoms with Gasteiger partial charge in [0.05, 0.1) is 6.61 Å². The van der Waals surface area contributed by atoms with Crippen molar-refractivity contribution in [2.24, 2.45) is 11.7 Å². The van der Waals surface area contributed by atoms with Crippen LogP contribution >= 0.6 is 0 Å². The van der Waals surface area contributed by atoms with Crippen molar-refractivity contribution in [2.45, 2.75) is 31.2 Å². The summed E-state index contributed by atoms with van der Waals surface area (Å²) >= 11 is 0. The Morgan fingerprint density at radius 1 is 1.50 bits per heavy atom. The molecule has 0 saturated carbocycles. The molecule has 2 heterocycles. The lowest BCUT2D eigenvalue weighted by Gasteiger charge is -2.27. The lowest BCUT2D eigenvalue weighted by molar-refractivity contribution is -0.137. The Hall–Kier alpha value is -1.14. The molecule has 2 atom stereocenters. The number of likely N-dealkylation sites (tertiary alicyclic amines) is 1. The second-order valence-corrected chi connectivity index (χ2v) is 5.30. The molecule has 0 aromatic heterocycles. The van der Waals surface area contributed by atoms with Crippen LogP contribution in [-0.4, -0.2) is 53.7 Å². The molecule has 102 valence electrons. The van der Waals surface area contributed by atoms with Crippen LogP contribution in [0.2, 0.25) is 0 Å². The molecular formula is C12H20N2O4. The molecule has 2 rings (SSSR count). The summed E-state index contributed by atoms with van der Waals surface area (Å²) in [6.45, 7) is 2.15. The summed E-state index contributed by atoms with van der Waals surface area (Å²) in [6.07, 6.45) is 2.24. The molecule has 2 fully saturated rings. The number of carbonyl (C=O) groups is 2. The Balaban J connectivity index is 1.84. The van der Waals surface area contributed by atoms with Crippen molar-refractivity contribution >= 4 is 11.9 Å². The summed E-state index contributed by atoms with van der Waals surface area (Å²) in [5.41, 5.74) is 5.18. The van der Waals surface area contributed by atoms with E-state index in [1.807, 2.05) is 0 Å². The van der Waals surface area contributed by atoms with Gasteiger partial charge in [-0.05, 0) is 25.2 Å². The van der Waals surface area contributed by atoms with E-state index in [1.165, 1.54) is 0 Å². The van der Waals surface area contributed by atoms with E-state index in [9.17, 15) is 9.59 Å². The largest absolute Gasteiger partial charge is 0.481 e. The maximum Gasteiger partial charge on any atom is 0.303 e. The van der Waals surface area contributed by atoms with E-state index in [4.69, 9.17) is 15.6 Å². The summed E-state index contributed by atoms with van der Waals surface area (Å²) in [5, 5.41) is 8.65. The van der Waals surface area contributed by atoms with Crippen LogP contribution in [0, 0.1) is 5.92 Å². The smallest absolute Gasteiger partial charge is 0.303 e. The van der Waals surface area contributed by atoms with Crippen LogP contribution in [0.15, 0.2) is 0 Å². The molecule has 2 saturated heterocycles. The van der Waals surface area contributed by atoms with Gasteiger partial charge >= 0.3 is 5.97 Å². The van der Waals surface area contributed by atoms with Crippen LogP contribution in [0.5, 0.6) is 0 Å². The molecule has 6 nitrogen and oxygen atoms in total. The maximum atomic E-state index is 12.3. The summed E-state index contributed by atoms with van der Waals surface area (Å²) in [5.74, 6) is -0.534. The first kappa shape index (κ1) is 13.3. The molecule has 0 aromatic carbocycles. The summed E-state index contributed by atoms with van der Waals surface area (Å²) in [4.78, 5) is 24.5. The standard InChI is InChI=1S/C12H20N2O4/c13-12(4-6-18-8-12)11(17)14-5-3-9(7-14)1-2-10(15)16/h9H,1-8,13H2,(H,15,16). The van der Waals surface area contributed by atoms with Gasteiger partial charge in [-0.3, -0.25) is 9.59 Å². The maximum absolute atomic E-state index is 12.3. The van der Waals surface area contributed by atoms with E-state index in [0.717, 1.165) is 6.42 Å². The van der Waals surface area contributed by atoms with Crippen molar-refractivity contribution in [1.29, 1.82) is 0 Å². The first-order valence-corrected chi connectivity index (χ1v) is 6.39. The molecule has 1 amide bonds. The zero-order valence-electron chi connectivity index (χ0n) is 10.4. The zero-order valence-corrected chi connectivity index (χ0v) is 10.4. The van der Waals surface area contributed by atoms with Gasteiger partial charge in [-0.1, -0.05) is 0 Å². The Kier molecular flexibility index (Phi) is 3.87. The number of carboxylic acids is 1. The number of hydrogen-bond donors (Lipinski definition) is 2. The zero-order chi connectivity index (χ0) is 13.2. The molecule has 0 aliphatic carbocycles. The molecule has 0 bridgehead atoms. The molecule has 0 spiro atoms. The quantitative estimate of drug-likeness (QED) is 0.727. The predicted molar refractivity (Wildman–Crippen MR) is 63.9 cm³/mol. The molecule has 0 aromatic rings. The third kappa shape index (κ3) is 2.81. The van der Waals surface area contributed by atoms with Crippen LogP contribution in [0.1, 0.15) is 25.7 Å². The Morgan fingerprint density at radius 2 is 2.28 bits per heavy atom. The fourth-order valence-corrected chi connectivity index (χ4v) is 2.64. The number of carboxylic acid groups (broad SMARTS) is 1. The Morgan fingerprint density at radius 3 is 2.89 bits per heavy atom. The van der Waals surface area contributed by atoms with E-state index in [-0.39, 0.29) is 18.2 Å². The first-order valence-electron chi connectivity index (χ1n) is 6.39. The summed E-state index contributed by atoms with van der Waals surface area (Å²) in [6, 6.07) is 0. The summed E-state index contributed by atoms with van der Waals surface area (Å²) < 4.78 is 5.20. The van der Waals surface area contributed by atoms with Gasteiger partial charge < -0.3 is 20.5 Å². The van der Waals surface area contributed by atoms with Gasteiger partial charge in [0.25, 0.3) is 0 Å². The third-order valence-electron chi connectivity index (χ3n) is 3.82.